The van der Waals surface area contributed by atoms with E-state index in [0.717, 1.165) is 43.2 Å². The van der Waals surface area contributed by atoms with E-state index in [-0.39, 0.29) is 6.04 Å². The summed E-state index contributed by atoms with van der Waals surface area (Å²) in [5, 5.41) is 0. The van der Waals surface area contributed by atoms with E-state index in [4.69, 9.17) is 5.73 Å². The van der Waals surface area contributed by atoms with Crippen LogP contribution in [0.5, 0.6) is 0 Å². The lowest BCUT2D eigenvalue weighted by molar-refractivity contribution is 0.239. The summed E-state index contributed by atoms with van der Waals surface area (Å²) in [4.78, 5) is 0.424. The minimum Gasteiger partial charge on any atom is -0.326 e. The zero-order valence-corrected chi connectivity index (χ0v) is 13.8. The zero-order valence-electron chi connectivity index (χ0n) is 13.0. The van der Waals surface area contributed by atoms with Crippen LogP contribution in [0, 0.1) is 6.92 Å². The van der Waals surface area contributed by atoms with E-state index in [9.17, 15) is 8.42 Å². The number of nitrogens with zero attached hydrogens (tertiary/aromatic N) is 1. The van der Waals surface area contributed by atoms with Gasteiger partial charge in [-0.25, -0.2) is 8.42 Å². The van der Waals surface area contributed by atoms with E-state index < -0.39 is 10.0 Å². The van der Waals surface area contributed by atoms with Crippen LogP contribution >= 0.6 is 0 Å². The van der Waals surface area contributed by atoms with Gasteiger partial charge in [-0.2, -0.15) is 4.31 Å². The molecule has 2 rings (SSSR count). The molecule has 0 aromatic heterocycles. The third kappa shape index (κ3) is 3.30. The molecule has 0 amide bonds. The Hall–Kier alpha value is -0.910. The molecule has 0 radical (unpaired) electrons. The lowest BCUT2D eigenvalue weighted by Gasteiger charge is -2.35. The molecule has 1 aliphatic rings. The van der Waals surface area contributed by atoms with Crippen molar-refractivity contribution in [3.05, 3.63) is 29.3 Å². The first-order valence-corrected chi connectivity index (χ1v) is 9.26. The molecule has 1 heterocycles. The number of hydrogen-bond acceptors (Lipinski definition) is 3. The quantitative estimate of drug-likeness (QED) is 0.909. The standard InChI is InChI=1S/C16H26N2O2S/c1-3-7-15-9-4-5-11-18(15)21(19,20)16-10-6-8-14(12-17)13(16)2/h6,8,10,15H,3-5,7,9,11-12,17H2,1-2H3. The molecule has 118 valence electrons. The van der Waals surface area contributed by atoms with Gasteiger partial charge in [0.25, 0.3) is 0 Å². The molecule has 1 fully saturated rings. The summed E-state index contributed by atoms with van der Waals surface area (Å²) in [6, 6.07) is 5.55. The van der Waals surface area contributed by atoms with Crippen molar-refractivity contribution in [3.8, 4) is 0 Å². The molecule has 0 saturated carbocycles. The van der Waals surface area contributed by atoms with Gasteiger partial charge in [0.1, 0.15) is 0 Å². The van der Waals surface area contributed by atoms with Crippen molar-refractivity contribution in [1.29, 1.82) is 0 Å². The Morgan fingerprint density at radius 3 is 2.76 bits per heavy atom. The molecular weight excluding hydrogens is 284 g/mol. The number of rotatable bonds is 5. The molecule has 0 spiro atoms. The number of benzene rings is 1. The number of sulfonamides is 1. The van der Waals surface area contributed by atoms with Crippen molar-refractivity contribution in [3.63, 3.8) is 0 Å². The number of hydrogen-bond donors (Lipinski definition) is 1. The van der Waals surface area contributed by atoms with Gasteiger partial charge in [-0.3, -0.25) is 0 Å². The fourth-order valence-electron chi connectivity index (χ4n) is 3.20. The van der Waals surface area contributed by atoms with Crippen LogP contribution < -0.4 is 5.73 Å². The van der Waals surface area contributed by atoms with Crippen molar-refractivity contribution in [2.75, 3.05) is 6.54 Å². The lowest BCUT2D eigenvalue weighted by Crippen LogP contribution is -2.43. The van der Waals surface area contributed by atoms with Crippen LogP contribution in [0.3, 0.4) is 0 Å². The van der Waals surface area contributed by atoms with Crippen molar-refractivity contribution in [2.45, 2.75) is 63.4 Å². The Bertz CT molecular complexity index is 582. The fraction of sp³-hybridized carbons (Fsp3) is 0.625. The molecule has 4 nitrogen and oxygen atoms in total. The molecule has 1 aromatic rings. The van der Waals surface area contributed by atoms with Gasteiger partial charge >= 0.3 is 0 Å². The molecule has 1 saturated heterocycles. The molecule has 1 aliphatic heterocycles. The summed E-state index contributed by atoms with van der Waals surface area (Å²) in [6.07, 6.45) is 5.00. The van der Waals surface area contributed by atoms with E-state index in [1.165, 1.54) is 0 Å². The van der Waals surface area contributed by atoms with E-state index in [1.807, 2.05) is 13.0 Å². The second-order valence-electron chi connectivity index (χ2n) is 5.80. The third-order valence-corrected chi connectivity index (χ3v) is 6.49. The smallest absolute Gasteiger partial charge is 0.243 e. The predicted molar refractivity (Wildman–Crippen MR) is 85.5 cm³/mol. The highest BCUT2D eigenvalue weighted by molar-refractivity contribution is 7.89. The highest BCUT2D eigenvalue weighted by atomic mass is 32.2. The van der Waals surface area contributed by atoms with Gasteiger partial charge in [-0.05, 0) is 43.4 Å². The zero-order chi connectivity index (χ0) is 15.5. The van der Waals surface area contributed by atoms with Crippen molar-refractivity contribution in [1.82, 2.24) is 4.31 Å². The number of nitrogens with two attached hydrogens (primary N) is 1. The van der Waals surface area contributed by atoms with Gasteiger partial charge in [-0.15, -0.1) is 0 Å². The van der Waals surface area contributed by atoms with Gasteiger partial charge in [-0.1, -0.05) is 31.9 Å². The summed E-state index contributed by atoms with van der Waals surface area (Å²) in [5.74, 6) is 0. The Morgan fingerprint density at radius 2 is 2.10 bits per heavy atom. The maximum Gasteiger partial charge on any atom is 0.243 e. The van der Waals surface area contributed by atoms with Crippen molar-refractivity contribution >= 4 is 10.0 Å². The second-order valence-corrected chi connectivity index (χ2v) is 7.66. The van der Waals surface area contributed by atoms with Crippen LogP contribution in [-0.2, 0) is 16.6 Å². The first kappa shape index (κ1) is 16.5. The van der Waals surface area contributed by atoms with Crippen molar-refractivity contribution in [2.24, 2.45) is 5.73 Å². The van der Waals surface area contributed by atoms with Gasteiger partial charge in [0.05, 0.1) is 4.90 Å². The van der Waals surface area contributed by atoms with Gasteiger partial charge in [0, 0.05) is 19.1 Å². The summed E-state index contributed by atoms with van der Waals surface area (Å²) >= 11 is 0. The minimum absolute atomic E-state index is 0.148. The van der Waals surface area contributed by atoms with Crippen LogP contribution in [0.25, 0.3) is 0 Å². The summed E-state index contributed by atoms with van der Waals surface area (Å²) in [7, 11) is -3.42. The SMILES string of the molecule is CCCC1CCCCN1S(=O)(=O)c1cccc(CN)c1C. The Labute approximate surface area is 128 Å². The Morgan fingerprint density at radius 1 is 1.33 bits per heavy atom. The summed E-state index contributed by atoms with van der Waals surface area (Å²) < 4.78 is 27.8. The van der Waals surface area contributed by atoms with Gasteiger partial charge in [0.15, 0.2) is 0 Å². The maximum absolute atomic E-state index is 13.0. The molecule has 0 aliphatic carbocycles. The molecule has 1 aromatic carbocycles. The normalized spacial score (nSPS) is 20.6. The predicted octanol–water partition coefficient (Wildman–Crippen LogP) is 2.80. The molecule has 5 heteroatoms. The van der Waals surface area contributed by atoms with Crippen molar-refractivity contribution < 1.29 is 8.42 Å². The van der Waals surface area contributed by atoms with Crippen LogP contribution in [0.2, 0.25) is 0 Å². The molecule has 2 N–H and O–H groups in total. The summed E-state index contributed by atoms with van der Waals surface area (Å²) in [6.45, 7) is 4.97. The van der Waals surface area contributed by atoms with E-state index in [0.29, 0.717) is 18.0 Å². The van der Waals surface area contributed by atoms with Crippen LogP contribution in [-0.4, -0.2) is 25.3 Å². The fourth-order valence-corrected chi connectivity index (χ4v) is 5.19. The Balaban J connectivity index is 2.40. The van der Waals surface area contributed by atoms with E-state index in [2.05, 4.69) is 6.92 Å². The average molecular weight is 310 g/mol. The molecule has 21 heavy (non-hydrogen) atoms. The largest absolute Gasteiger partial charge is 0.326 e. The monoisotopic (exact) mass is 310 g/mol. The second kappa shape index (κ2) is 6.90. The maximum atomic E-state index is 13.0. The van der Waals surface area contributed by atoms with Crippen LogP contribution in [0.4, 0.5) is 0 Å². The first-order valence-electron chi connectivity index (χ1n) is 7.82. The molecule has 0 bridgehead atoms. The topological polar surface area (TPSA) is 63.4 Å². The van der Waals surface area contributed by atoms with Gasteiger partial charge in [0.2, 0.25) is 10.0 Å². The van der Waals surface area contributed by atoms with Crippen LogP contribution in [0.15, 0.2) is 23.1 Å². The molecular formula is C16H26N2O2S. The first-order chi connectivity index (χ1) is 10.0. The molecule has 1 unspecified atom stereocenters. The lowest BCUT2D eigenvalue weighted by atomic mass is 10.0. The van der Waals surface area contributed by atoms with Crippen LogP contribution in [0.1, 0.15) is 50.2 Å². The summed E-state index contributed by atoms with van der Waals surface area (Å²) in [5.41, 5.74) is 7.40. The average Bonchev–Trinajstić information content (AvgIpc) is 2.48. The Kier molecular flexibility index (Phi) is 5.41. The van der Waals surface area contributed by atoms with E-state index >= 15 is 0 Å². The third-order valence-electron chi connectivity index (χ3n) is 4.40. The highest BCUT2D eigenvalue weighted by Crippen LogP contribution is 2.30. The van der Waals surface area contributed by atoms with E-state index in [1.54, 1.807) is 16.4 Å². The number of piperidine rings is 1. The minimum atomic E-state index is -3.42. The van der Waals surface area contributed by atoms with Gasteiger partial charge < -0.3 is 5.73 Å². The highest BCUT2D eigenvalue weighted by Gasteiger charge is 2.33. The molecule has 1 atom stereocenters.